The van der Waals surface area contributed by atoms with Crippen LogP contribution >= 0.6 is 0 Å². The fraction of sp³-hybridized carbons (Fsp3) is 0.781. The Labute approximate surface area is 221 Å². The van der Waals surface area contributed by atoms with E-state index < -0.39 is 16.8 Å². The first kappa shape index (κ1) is 25.4. The highest BCUT2D eigenvalue weighted by Gasteiger charge is 2.73. The van der Waals surface area contributed by atoms with Gasteiger partial charge in [0.25, 0.3) is 0 Å². The third-order valence-corrected chi connectivity index (χ3v) is 13.1. The molecule has 0 bridgehead atoms. The van der Waals surface area contributed by atoms with E-state index in [1.807, 2.05) is 19.9 Å². The van der Waals surface area contributed by atoms with Crippen LogP contribution < -0.4 is 0 Å². The van der Waals surface area contributed by atoms with Gasteiger partial charge >= 0.3 is 5.97 Å². The molecule has 6 aliphatic rings. The molecule has 0 radical (unpaired) electrons. The van der Waals surface area contributed by atoms with Gasteiger partial charge in [-0.1, -0.05) is 54.5 Å². The molecule has 5 aliphatic carbocycles. The van der Waals surface area contributed by atoms with Crippen LogP contribution in [-0.4, -0.2) is 29.6 Å². The highest BCUT2D eigenvalue weighted by atomic mass is 16.5. The van der Waals surface area contributed by atoms with E-state index >= 15 is 0 Å². The third-order valence-electron chi connectivity index (χ3n) is 13.1. The summed E-state index contributed by atoms with van der Waals surface area (Å²) in [6.45, 7) is 16.4. The topological polar surface area (TPSA) is 87.4 Å². The molecular weight excluding hydrogens is 462 g/mol. The number of aliphatic carboxylic acids is 1. The van der Waals surface area contributed by atoms with Crippen molar-refractivity contribution in [2.24, 2.45) is 50.2 Å². The highest BCUT2D eigenvalue weighted by Crippen LogP contribution is 2.77. The quantitative estimate of drug-likeness (QED) is 0.412. The van der Waals surface area contributed by atoms with E-state index in [4.69, 9.17) is 4.74 Å². The molecule has 1 aliphatic heterocycles. The molecule has 3 saturated carbocycles. The summed E-state index contributed by atoms with van der Waals surface area (Å²) in [5, 5.41) is 20.6. The molecule has 200 valence electrons. The van der Waals surface area contributed by atoms with E-state index in [0.717, 1.165) is 44.9 Å². The molecule has 4 fully saturated rings. The summed E-state index contributed by atoms with van der Waals surface area (Å²) >= 11 is 0. The first-order valence-corrected chi connectivity index (χ1v) is 14.4. The van der Waals surface area contributed by atoms with Gasteiger partial charge in [-0.15, -0.1) is 0 Å². The average Bonchev–Trinajstić information content (AvgIpc) is 2.78. The maximum absolute atomic E-state index is 13.3. The maximum Gasteiger partial charge on any atom is 0.309 e. The standard InChI is InChI=1S/C32H43NO4/c1-27(2)10-12-32(26(35)36)13-11-30(6)22(20(32)15-27)23-19(17-37-23)24-29(5)14-18(16-33)25(34)28(3,4)21(29)8-9-31(24,30)7/h14,20-23H,8-13,15,17H2,1-7H3,(H,35,36)/t20?,21?,22?,23?,29-,30+,31+,32-/m0/s1. The Kier molecular flexibility index (Phi) is 4.92. The van der Waals surface area contributed by atoms with Crippen molar-refractivity contribution in [2.45, 2.75) is 99.5 Å². The number of carbonyl (C=O) groups is 2. The van der Waals surface area contributed by atoms with E-state index in [1.54, 1.807) is 0 Å². The number of ether oxygens (including phenoxy) is 1. The van der Waals surface area contributed by atoms with E-state index in [2.05, 4.69) is 40.7 Å². The predicted molar refractivity (Wildman–Crippen MR) is 140 cm³/mol. The number of carboxylic acids is 1. The van der Waals surface area contributed by atoms with Crippen LogP contribution in [0.15, 0.2) is 22.8 Å². The Balaban J connectivity index is 1.57. The summed E-state index contributed by atoms with van der Waals surface area (Å²) < 4.78 is 6.45. The van der Waals surface area contributed by atoms with Crippen LogP contribution in [0.2, 0.25) is 0 Å². The number of nitriles is 1. The molecule has 5 nitrogen and oxygen atoms in total. The summed E-state index contributed by atoms with van der Waals surface area (Å²) in [5.41, 5.74) is 1.32. The largest absolute Gasteiger partial charge is 0.481 e. The molecule has 0 aromatic heterocycles. The summed E-state index contributed by atoms with van der Waals surface area (Å²) in [6, 6.07) is 2.24. The van der Waals surface area contributed by atoms with Crippen molar-refractivity contribution >= 4 is 11.8 Å². The average molecular weight is 506 g/mol. The van der Waals surface area contributed by atoms with Crippen LogP contribution in [0.25, 0.3) is 0 Å². The van der Waals surface area contributed by atoms with Crippen molar-refractivity contribution in [3.05, 3.63) is 22.8 Å². The van der Waals surface area contributed by atoms with Gasteiger partial charge in [0, 0.05) is 10.8 Å². The SMILES string of the molecule is CC1(C)CC[C@]2(C(=O)O)CC[C@]3(C)C(C4OCC4=C4[C@@]5(C)C=C(C#N)C(=O)C(C)(C)C5CC[C@]43C)C2C1. The van der Waals surface area contributed by atoms with Crippen LogP contribution in [0.1, 0.15) is 93.4 Å². The molecule has 1 heterocycles. The molecule has 37 heavy (non-hydrogen) atoms. The van der Waals surface area contributed by atoms with E-state index in [0.29, 0.717) is 12.2 Å². The minimum atomic E-state index is -0.661. The number of carbonyl (C=O) groups excluding carboxylic acids is 1. The zero-order valence-electron chi connectivity index (χ0n) is 23.7. The number of allylic oxidation sites excluding steroid dienone is 3. The number of Topliss-reactive ketones (excluding diaryl/α,β-unsaturated/α-hetero) is 1. The molecule has 0 amide bonds. The number of hydrogen-bond acceptors (Lipinski definition) is 4. The number of fused-ring (bicyclic) bond motifs is 9. The number of rotatable bonds is 1. The smallest absolute Gasteiger partial charge is 0.309 e. The summed E-state index contributed by atoms with van der Waals surface area (Å²) in [5.74, 6) is -0.239. The van der Waals surface area contributed by atoms with Gasteiger partial charge in [-0.2, -0.15) is 5.26 Å². The summed E-state index contributed by atoms with van der Waals surface area (Å²) in [6.07, 6.45) is 8.14. The number of carboxylic acid groups (broad SMARTS) is 1. The fourth-order valence-corrected chi connectivity index (χ4v) is 11.0. The first-order chi connectivity index (χ1) is 17.1. The van der Waals surface area contributed by atoms with Gasteiger partial charge in [-0.3, -0.25) is 9.59 Å². The molecule has 6 rings (SSSR count). The lowest BCUT2D eigenvalue weighted by Crippen LogP contribution is -2.69. The van der Waals surface area contributed by atoms with Gasteiger partial charge in [0.2, 0.25) is 0 Å². The monoisotopic (exact) mass is 505 g/mol. The molecule has 4 unspecified atom stereocenters. The minimum absolute atomic E-state index is 0.0265. The van der Waals surface area contributed by atoms with Crippen molar-refractivity contribution in [3.8, 4) is 6.07 Å². The Morgan fingerprint density at radius 2 is 1.73 bits per heavy atom. The minimum Gasteiger partial charge on any atom is -0.481 e. The number of ketones is 1. The Hall–Kier alpha value is -1.93. The zero-order valence-corrected chi connectivity index (χ0v) is 23.7. The fourth-order valence-electron chi connectivity index (χ4n) is 11.0. The number of hydrogen-bond donors (Lipinski definition) is 1. The Bertz CT molecular complexity index is 1220. The van der Waals surface area contributed by atoms with Crippen molar-refractivity contribution in [2.75, 3.05) is 6.61 Å². The third kappa shape index (κ3) is 2.79. The highest BCUT2D eigenvalue weighted by molar-refractivity contribution is 6.04. The van der Waals surface area contributed by atoms with Gasteiger partial charge in [0.05, 0.1) is 23.7 Å². The van der Waals surface area contributed by atoms with Crippen LogP contribution in [0, 0.1) is 61.6 Å². The van der Waals surface area contributed by atoms with Crippen molar-refractivity contribution in [1.82, 2.24) is 0 Å². The van der Waals surface area contributed by atoms with Gasteiger partial charge in [0.1, 0.15) is 6.07 Å². The number of nitrogens with zero attached hydrogens (tertiary/aromatic N) is 1. The first-order valence-electron chi connectivity index (χ1n) is 14.4. The van der Waals surface area contributed by atoms with Crippen LogP contribution in [-0.2, 0) is 14.3 Å². The van der Waals surface area contributed by atoms with Crippen LogP contribution in [0.4, 0.5) is 0 Å². The van der Waals surface area contributed by atoms with Gasteiger partial charge in [0.15, 0.2) is 5.78 Å². The van der Waals surface area contributed by atoms with Gasteiger partial charge in [-0.25, -0.2) is 0 Å². The van der Waals surface area contributed by atoms with E-state index in [1.165, 1.54) is 11.1 Å². The Morgan fingerprint density at radius 3 is 2.32 bits per heavy atom. The second-order valence-corrected chi connectivity index (χ2v) is 15.4. The van der Waals surface area contributed by atoms with Gasteiger partial charge < -0.3 is 9.84 Å². The molecule has 0 aromatic carbocycles. The lowest BCUT2D eigenvalue weighted by Gasteiger charge is -2.72. The zero-order chi connectivity index (χ0) is 27.0. The molecule has 0 spiro atoms. The predicted octanol–water partition coefficient (Wildman–Crippen LogP) is 6.49. The second kappa shape index (κ2) is 7.17. The Morgan fingerprint density at radius 1 is 1.05 bits per heavy atom. The van der Waals surface area contributed by atoms with Crippen LogP contribution in [0.3, 0.4) is 0 Å². The van der Waals surface area contributed by atoms with Gasteiger partial charge in [-0.05, 0) is 90.1 Å². The lowest BCUT2D eigenvalue weighted by molar-refractivity contribution is -0.223. The van der Waals surface area contributed by atoms with Crippen molar-refractivity contribution in [1.29, 1.82) is 5.26 Å². The molecule has 5 heteroatoms. The lowest BCUT2D eigenvalue weighted by atomic mass is 9.32. The molecular formula is C32H43NO4. The molecule has 1 saturated heterocycles. The van der Waals surface area contributed by atoms with Crippen molar-refractivity contribution in [3.63, 3.8) is 0 Å². The van der Waals surface area contributed by atoms with E-state index in [-0.39, 0.29) is 51.3 Å². The normalized spacial score (nSPS) is 49.1. The second-order valence-electron chi connectivity index (χ2n) is 15.4. The van der Waals surface area contributed by atoms with E-state index in [9.17, 15) is 20.0 Å². The summed E-state index contributed by atoms with van der Waals surface area (Å²) in [7, 11) is 0. The van der Waals surface area contributed by atoms with Crippen molar-refractivity contribution < 1.29 is 19.4 Å². The molecule has 1 N–H and O–H groups in total. The molecule has 8 atom stereocenters. The maximum atomic E-state index is 13.3. The molecule has 0 aromatic rings. The van der Waals surface area contributed by atoms with Crippen LogP contribution in [0.5, 0.6) is 0 Å². The summed E-state index contributed by atoms with van der Waals surface area (Å²) in [4.78, 5) is 26.3.